The number of hydrogen-bond donors (Lipinski definition) is 1. The third kappa shape index (κ3) is 2.71. The predicted molar refractivity (Wildman–Crippen MR) is 46.1 cm³/mol. The Morgan fingerprint density at radius 3 is 2.41 bits per heavy atom. The molecular formula is C8H8F5N3O. The Labute approximate surface area is 92.4 Å². The minimum Gasteiger partial charge on any atom is -0.345 e. The molecule has 0 fully saturated rings. The molecule has 0 spiro atoms. The summed E-state index contributed by atoms with van der Waals surface area (Å²) in [7, 11) is 1.46. The van der Waals surface area contributed by atoms with Gasteiger partial charge in [-0.15, -0.1) is 0 Å². The number of carbonyl (C=O) groups is 1. The summed E-state index contributed by atoms with van der Waals surface area (Å²) < 4.78 is 61.6. The summed E-state index contributed by atoms with van der Waals surface area (Å²) in [4.78, 5) is 10.7. The van der Waals surface area contributed by atoms with Crippen LogP contribution in [0.25, 0.3) is 0 Å². The molecule has 1 heterocycles. The van der Waals surface area contributed by atoms with E-state index in [1.54, 1.807) is 0 Å². The number of halogens is 5. The Balaban J connectivity index is 2.65. The highest BCUT2D eigenvalue weighted by Crippen LogP contribution is 2.35. The second kappa shape index (κ2) is 4.30. The Morgan fingerprint density at radius 1 is 1.41 bits per heavy atom. The molecule has 0 saturated heterocycles. The van der Waals surface area contributed by atoms with Crippen LogP contribution in [0.5, 0.6) is 0 Å². The Morgan fingerprint density at radius 2 is 2.00 bits per heavy atom. The summed E-state index contributed by atoms with van der Waals surface area (Å²) in [5, 5.41) is 5.16. The van der Waals surface area contributed by atoms with Crippen molar-refractivity contribution in [2.75, 3.05) is 0 Å². The van der Waals surface area contributed by atoms with E-state index in [0.29, 0.717) is 5.69 Å². The minimum atomic E-state index is -5.90. The highest BCUT2D eigenvalue weighted by Gasteiger charge is 2.63. The second-order valence-corrected chi connectivity index (χ2v) is 3.20. The van der Waals surface area contributed by atoms with Gasteiger partial charge in [-0.2, -0.15) is 27.1 Å². The molecule has 9 heteroatoms. The summed E-state index contributed by atoms with van der Waals surface area (Å²) in [6, 6.07) is 1.38. The zero-order chi connectivity index (χ0) is 13.3. The lowest BCUT2D eigenvalue weighted by molar-refractivity contribution is -0.269. The normalized spacial score (nSPS) is 12.6. The van der Waals surface area contributed by atoms with Crippen molar-refractivity contribution < 1.29 is 26.7 Å². The topological polar surface area (TPSA) is 46.9 Å². The van der Waals surface area contributed by atoms with Crippen molar-refractivity contribution >= 4 is 5.91 Å². The first-order valence-corrected chi connectivity index (χ1v) is 4.36. The van der Waals surface area contributed by atoms with Crippen LogP contribution in [0.15, 0.2) is 12.3 Å². The highest BCUT2D eigenvalue weighted by molar-refractivity contribution is 5.84. The maximum atomic E-state index is 12.5. The van der Waals surface area contributed by atoms with E-state index in [4.69, 9.17) is 0 Å². The van der Waals surface area contributed by atoms with Gasteiger partial charge >= 0.3 is 18.0 Å². The standard InChI is InChI=1S/C8H8F5N3O/c1-16-5(2-3-15-16)4-14-6(17)7(9,10)8(11,12)13/h2-3H,4H2,1H3,(H,14,17). The molecule has 0 aliphatic carbocycles. The first-order valence-electron chi connectivity index (χ1n) is 4.36. The van der Waals surface area contributed by atoms with Crippen LogP contribution >= 0.6 is 0 Å². The van der Waals surface area contributed by atoms with Gasteiger partial charge in [0.25, 0.3) is 0 Å². The number of aryl methyl sites for hydroxylation is 1. The molecule has 0 bridgehead atoms. The molecule has 1 rings (SSSR count). The van der Waals surface area contributed by atoms with Crippen LogP contribution in [0.4, 0.5) is 22.0 Å². The quantitative estimate of drug-likeness (QED) is 0.828. The zero-order valence-corrected chi connectivity index (χ0v) is 8.55. The molecule has 0 saturated carbocycles. The lowest BCUT2D eigenvalue weighted by Gasteiger charge is -2.18. The molecule has 0 radical (unpaired) electrons. The van der Waals surface area contributed by atoms with Crippen LogP contribution < -0.4 is 5.32 Å². The molecule has 1 aromatic heterocycles. The number of rotatable bonds is 3. The van der Waals surface area contributed by atoms with Gasteiger partial charge in [0.2, 0.25) is 0 Å². The Hall–Kier alpha value is -1.67. The lowest BCUT2D eigenvalue weighted by atomic mass is 10.3. The number of aromatic nitrogens is 2. The molecule has 0 aliphatic rings. The summed E-state index contributed by atoms with van der Waals surface area (Å²) in [5.74, 6) is -7.78. The van der Waals surface area contributed by atoms with Gasteiger partial charge in [0.15, 0.2) is 0 Å². The Kier molecular flexibility index (Phi) is 3.39. The van der Waals surface area contributed by atoms with Crippen LogP contribution in [0.2, 0.25) is 0 Å². The van der Waals surface area contributed by atoms with E-state index < -0.39 is 24.6 Å². The van der Waals surface area contributed by atoms with Gasteiger partial charge in [0.05, 0.1) is 12.2 Å². The van der Waals surface area contributed by atoms with Crippen LogP contribution in [-0.4, -0.2) is 27.8 Å². The molecule has 1 aromatic rings. The van der Waals surface area contributed by atoms with E-state index in [9.17, 15) is 26.7 Å². The van der Waals surface area contributed by atoms with E-state index in [-0.39, 0.29) is 0 Å². The summed E-state index contributed by atoms with van der Waals surface area (Å²) >= 11 is 0. The third-order valence-electron chi connectivity index (χ3n) is 1.99. The lowest BCUT2D eigenvalue weighted by Crippen LogP contribution is -2.50. The number of nitrogens with zero attached hydrogens (tertiary/aromatic N) is 2. The average Bonchev–Trinajstić information content (AvgIpc) is 2.58. The number of alkyl halides is 5. The van der Waals surface area contributed by atoms with Crippen molar-refractivity contribution in [1.29, 1.82) is 0 Å². The minimum absolute atomic E-state index is 0.302. The van der Waals surface area contributed by atoms with Crippen molar-refractivity contribution in [1.82, 2.24) is 15.1 Å². The van der Waals surface area contributed by atoms with Crippen LogP contribution in [0.3, 0.4) is 0 Å². The van der Waals surface area contributed by atoms with Gasteiger partial charge in [-0.25, -0.2) is 0 Å². The first kappa shape index (κ1) is 13.4. The molecule has 4 nitrogen and oxygen atoms in total. The molecule has 0 atom stereocenters. The first-order chi connectivity index (χ1) is 7.66. The number of amides is 1. The zero-order valence-electron chi connectivity index (χ0n) is 8.55. The fourth-order valence-electron chi connectivity index (χ4n) is 0.985. The molecular weight excluding hydrogens is 249 g/mol. The van der Waals surface area contributed by atoms with Gasteiger partial charge < -0.3 is 5.32 Å². The van der Waals surface area contributed by atoms with Crippen molar-refractivity contribution in [3.8, 4) is 0 Å². The fraction of sp³-hybridized carbons (Fsp3) is 0.500. The summed E-state index contributed by atoms with van der Waals surface area (Å²) in [6.45, 7) is -0.457. The van der Waals surface area contributed by atoms with Crippen LogP contribution in [-0.2, 0) is 18.4 Å². The van der Waals surface area contributed by atoms with E-state index >= 15 is 0 Å². The Bertz CT molecular complexity index is 412. The maximum absolute atomic E-state index is 12.5. The van der Waals surface area contributed by atoms with Crippen LogP contribution in [0.1, 0.15) is 5.69 Å². The van der Waals surface area contributed by atoms with Crippen molar-refractivity contribution in [2.24, 2.45) is 7.05 Å². The molecule has 17 heavy (non-hydrogen) atoms. The summed E-state index contributed by atoms with van der Waals surface area (Å²) in [5.41, 5.74) is 0.302. The average molecular weight is 257 g/mol. The molecule has 1 amide bonds. The smallest absolute Gasteiger partial charge is 0.345 e. The second-order valence-electron chi connectivity index (χ2n) is 3.20. The van der Waals surface area contributed by atoms with E-state index in [1.165, 1.54) is 29.3 Å². The number of hydrogen-bond acceptors (Lipinski definition) is 2. The van der Waals surface area contributed by atoms with Gasteiger partial charge in [0.1, 0.15) is 0 Å². The van der Waals surface area contributed by atoms with E-state index in [1.807, 2.05) is 0 Å². The fourth-order valence-corrected chi connectivity index (χ4v) is 0.985. The van der Waals surface area contributed by atoms with Gasteiger partial charge in [-0.1, -0.05) is 0 Å². The predicted octanol–water partition coefficient (Wildman–Crippen LogP) is 1.23. The monoisotopic (exact) mass is 257 g/mol. The van der Waals surface area contributed by atoms with Crippen molar-refractivity contribution in [3.05, 3.63) is 18.0 Å². The molecule has 0 aliphatic heterocycles. The number of nitrogens with one attached hydrogen (secondary N) is 1. The maximum Gasteiger partial charge on any atom is 0.463 e. The highest BCUT2D eigenvalue weighted by atomic mass is 19.4. The summed E-state index contributed by atoms with van der Waals surface area (Å²) in [6.07, 6.45) is -4.58. The van der Waals surface area contributed by atoms with Gasteiger partial charge in [-0.05, 0) is 6.07 Å². The van der Waals surface area contributed by atoms with Gasteiger partial charge in [0, 0.05) is 13.2 Å². The number of carbonyl (C=O) groups excluding carboxylic acids is 1. The third-order valence-corrected chi connectivity index (χ3v) is 1.99. The van der Waals surface area contributed by atoms with Crippen molar-refractivity contribution in [2.45, 2.75) is 18.6 Å². The molecule has 0 aromatic carbocycles. The molecule has 1 N–H and O–H groups in total. The largest absolute Gasteiger partial charge is 0.463 e. The van der Waals surface area contributed by atoms with E-state index in [0.717, 1.165) is 0 Å². The molecule has 0 unspecified atom stereocenters. The van der Waals surface area contributed by atoms with Gasteiger partial charge in [-0.3, -0.25) is 9.48 Å². The van der Waals surface area contributed by atoms with Crippen LogP contribution in [0, 0.1) is 0 Å². The van der Waals surface area contributed by atoms with E-state index in [2.05, 4.69) is 5.10 Å². The molecule has 96 valence electrons. The SMILES string of the molecule is Cn1nccc1CNC(=O)C(F)(F)C(F)(F)F. The van der Waals surface area contributed by atoms with Crippen molar-refractivity contribution in [3.63, 3.8) is 0 Å².